The second kappa shape index (κ2) is 15.6. The second-order valence-corrected chi connectivity index (χ2v) is 5.83. The van der Waals surface area contributed by atoms with Crippen LogP contribution in [0.4, 0.5) is 0 Å². The lowest BCUT2D eigenvalue weighted by atomic mass is 9.99. The van der Waals surface area contributed by atoms with Crippen LogP contribution in [0.5, 0.6) is 0 Å². The maximum absolute atomic E-state index is 2.63. The molecule has 126 valence electrons. The molecule has 1 aliphatic heterocycles. The van der Waals surface area contributed by atoms with Crippen LogP contribution in [0.3, 0.4) is 0 Å². The van der Waals surface area contributed by atoms with Crippen molar-refractivity contribution in [2.24, 2.45) is 5.92 Å². The van der Waals surface area contributed by atoms with Gasteiger partial charge < -0.3 is 9.80 Å². The average molecular weight is 320 g/mol. The number of likely N-dealkylation sites (tertiary alicyclic amines) is 1. The fraction of sp³-hybridized carbons (Fsp3) is 0.545. The standard InChI is InChI=1S/C12H6.C10H22N2/c1-3-5-7-9-11-12-10-8-6-4-2;1-10-4-6-12(7-5-10)9-8-11(2)3/h1-2H3;10H,4-9H2,1-3H3. The molecule has 1 rings (SSSR count). The van der Waals surface area contributed by atoms with E-state index >= 15 is 0 Å². The van der Waals surface area contributed by atoms with Gasteiger partial charge in [-0.1, -0.05) is 18.8 Å². The number of rotatable bonds is 3. The Morgan fingerprint density at radius 1 is 0.792 bits per heavy atom. The first-order valence-corrected chi connectivity index (χ1v) is 8.30. The van der Waals surface area contributed by atoms with Crippen LogP contribution in [-0.2, 0) is 0 Å². The van der Waals surface area contributed by atoms with Crippen molar-refractivity contribution in [2.45, 2.75) is 33.6 Å². The van der Waals surface area contributed by atoms with Gasteiger partial charge >= 0.3 is 0 Å². The van der Waals surface area contributed by atoms with E-state index in [0.717, 1.165) is 5.92 Å². The fourth-order valence-electron chi connectivity index (χ4n) is 1.94. The van der Waals surface area contributed by atoms with E-state index in [9.17, 15) is 0 Å². The quantitative estimate of drug-likeness (QED) is 0.737. The molecule has 0 saturated carbocycles. The summed E-state index contributed by atoms with van der Waals surface area (Å²) in [6, 6.07) is 0. The van der Waals surface area contributed by atoms with Crippen LogP contribution in [0, 0.1) is 65.1 Å². The van der Waals surface area contributed by atoms with Gasteiger partial charge in [-0.15, -0.1) is 0 Å². The molecule has 1 aliphatic rings. The van der Waals surface area contributed by atoms with E-state index in [1.54, 1.807) is 13.8 Å². The van der Waals surface area contributed by atoms with Gasteiger partial charge in [0.05, 0.1) is 0 Å². The van der Waals surface area contributed by atoms with Gasteiger partial charge in [0.25, 0.3) is 0 Å². The Morgan fingerprint density at radius 3 is 1.58 bits per heavy atom. The minimum atomic E-state index is 0.959. The Morgan fingerprint density at radius 2 is 1.21 bits per heavy atom. The highest BCUT2D eigenvalue weighted by molar-refractivity contribution is 5.42. The lowest BCUT2D eigenvalue weighted by Crippen LogP contribution is -2.37. The van der Waals surface area contributed by atoms with Crippen molar-refractivity contribution in [1.29, 1.82) is 0 Å². The van der Waals surface area contributed by atoms with Crippen molar-refractivity contribution in [3.63, 3.8) is 0 Å². The second-order valence-electron chi connectivity index (χ2n) is 5.83. The molecule has 0 amide bonds. The van der Waals surface area contributed by atoms with E-state index in [2.05, 4.69) is 90.0 Å². The van der Waals surface area contributed by atoms with Gasteiger partial charge in [0, 0.05) is 13.1 Å². The third-order valence-electron chi connectivity index (χ3n) is 3.43. The predicted octanol–water partition coefficient (Wildman–Crippen LogP) is 2.32. The summed E-state index contributed by atoms with van der Waals surface area (Å²) >= 11 is 0. The molecule has 0 spiro atoms. The Kier molecular flexibility index (Phi) is 14.1. The van der Waals surface area contributed by atoms with Crippen molar-refractivity contribution in [2.75, 3.05) is 40.3 Å². The van der Waals surface area contributed by atoms with Gasteiger partial charge in [-0.05, 0) is 107 Å². The van der Waals surface area contributed by atoms with E-state index in [0.29, 0.717) is 0 Å². The summed E-state index contributed by atoms with van der Waals surface area (Å²) in [6.07, 6.45) is 2.79. The molecule has 1 saturated heterocycles. The Bertz CT molecular complexity index is 595. The fourth-order valence-corrected chi connectivity index (χ4v) is 1.94. The maximum atomic E-state index is 2.63. The van der Waals surface area contributed by atoms with Crippen LogP contribution in [0.1, 0.15) is 33.6 Å². The zero-order chi connectivity index (χ0) is 18.0. The zero-order valence-electron chi connectivity index (χ0n) is 15.7. The Labute approximate surface area is 149 Å². The molecule has 1 heterocycles. The summed E-state index contributed by atoms with van der Waals surface area (Å²) in [5.41, 5.74) is 0. The van der Waals surface area contributed by atoms with Gasteiger partial charge in [-0.3, -0.25) is 0 Å². The van der Waals surface area contributed by atoms with Crippen LogP contribution in [0.15, 0.2) is 0 Å². The van der Waals surface area contributed by atoms with E-state index in [4.69, 9.17) is 0 Å². The minimum absolute atomic E-state index is 0.959. The van der Waals surface area contributed by atoms with Crippen molar-refractivity contribution in [1.82, 2.24) is 9.80 Å². The van der Waals surface area contributed by atoms with Crippen LogP contribution < -0.4 is 0 Å². The summed E-state index contributed by atoms with van der Waals surface area (Å²) in [7, 11) is 4.29. The van der Waals surface area contributed by atoms with Crippen LogP contribution in [-0.4, -0.2) is 50.1 Å². The molecule has 0 unspecified atom stereocenters. The van der Waals surface area contributed by atoms with Crippen molar-refractivity contribution >= 4 is 0 Å². The number of nitrogens with zero attached hydrogens (tertiary/aromatic N) is 2. The normalized spacial score (nSPS) is 12.9. The lowest BCUT2D eigenvalue weighted by Gasteiger charge is -2.30. The highest BCUT2D eigenvalue weighted by Gasteiger charge is 2.14. The molecular weight excluding hydrogens is 292 g/mol. The molecule has 0 aromatic heterocycles. The zero-order valence-corrected chi connectivity index (χ0v) is 15.7. The average Bonchev–Trinajstić information content (AvgIpc) is 2.57. The first-order chi connectivity index (χ1) is 11.6. The molecule has 24 heavy (non-hydrogen) atoms. The first-order valence-electron chi connectivity index (χ1n) is 8.30. The number of hydrogen-bond acceptors (Lipinski definition) is 2. The van der Waals surface area contributed by atoms with E-state index < -0.39 is 0 Å². The van der Waals surface area contributed by atoms with E-state index in [1.165, 1.54) is 39.0 Å². The van der Waals surface area contributed by atoms with E-state index in [1.807, 2.05) is 0 Å². The summed E-state index contributed by atoms with van der Waals surface area (Å²) in [5, 5.41) is 0. The number of likely N-dealkylation sites (N-methyl/N-ethyl adjacent to an activating group) is 1. The predicted molar refractivity (Wildman–Crippen MR) is 104 cm³/mol. The molecule has 2 heteroatoms. The SMILES string of the molecule is CC#CC#CC#CC#CC#CC.CC1CCN(CCN(C)C)CC1. The summed E-state index contributed by atoms with van der Waals surface area (Å²) < 4.78 is 0. The van der Waals surface area contributed by atoms with Gasteiger partial charge in [0.1, 0.15) is 0 Å². The van der Waals surface area contributed by atoms with Crippen LogP contribution >= 0.6 is 0 Å². The largest absolute Gasteiger partial charge is 0.308 e. The highest BCUT2D eigenvalue weighted by atomic mass is 15.2. The van der Waals surface area contributed by atoms with Gasteiger partial charge in [-0.2, -0.15) is 0 Å². The molecular formula is C22H28N2. The molecule has 0 aromatic carbocycles. The Balaban J connectivity index is 0.000000441. The third kappa shape index (κ3) is 14.6. The molecule has 0 radical (unpaired) electrons. The van der Waals surface area contributed by atoms with Crippen molar-refractivity contribution in [3.05, 3.63) is 0 Å². The third-order valence-corrected chi connectivity index (χ3v) is 3.43. The summed E-state index contributed by atoms with van der Waals surface area (Å²) in [4.78, 5) is 4.85. The lowest BCUT2D eigenvalue weighted by molar-refractivity contribution is 0.177. The maximum Gasteiger partial charge on any atom is 0.0109 e. The smallest absolute Gasteiger partial charge is 0.0109 e. The summed E-state index contributed by atoms with van der Waals surface area (Å²) in [6.45, 7) is 10.9. The molecule has 0 aliphatic carbocycles. The topological polar surface area (TPSA) is 6.48 Å². The van der Waals surface area contributed by atoms with Gasteiger partial charge in [-0.25, -0.2) is 0 Å². The van der Waals surface area contributed by atoms with E-state index in [-0.39, 0.29) is 0 Å². The monoisotopic (exact) mass is 320 g/mol. The minimum Gasteiger partial charge on any atom is -0.308 e. The van der Waals surface area contributed by atoms with Gasteiger partial charge in [0.15, 0.2) is 0 Å². The number of hydrogen-bond donors (Lipinski definition) is 0. The highest BCUT2D eigenvalue weighted by Crippen LogP contribution is 2.15. The van der Waals surface area contributed by atoms with Crippen LogP contribution in [0.25, 0.3) is 0 Å². The summed E-state index contributed by atoms with van der Waals surface area (Å²) in [5.74, 6) is 26.5. The molecule has 0 aromatic rings. The number of piperidine rings is 1. The van der Waals surface area contributed by atoms with Gasteiger partial charge in [0.2, 0.25) is 0 Å². The Hall–Kier alpha value is -2.28. The van der Waals surface area contributed by atoms with Crippen molar-refractivity contribution in [3.8, 4) is 59.2 Å². The molecule has 0 atom stereocenters. The molecule has 1 fully saturated rings. The van der Waals surface area contributed by atoms with Crippen LogP contribution in [0.2, 0.25) is 0 Å². The molecule has 2 nitrogen and oxygen atoms in total. The first kappa shape index (κ1) is 21.7. The molecule has 0 bridgehead atoms. The van der Waals surface area contributed by atoms with Crippen molar-refractivity contribution < 1.29 is 0 Å². The molecule has 0 N–H and O–H groups in total.